The van der Waals surface area contributed by atoms with Gasteiger partial charge in [-0.05, 0) is 24.7 Å². The molecule has 0 atom stereocenters. The van der Waals surface area contributed by atoms with Crippen LogP contribution in [0.25, 0.3) is 10.6 Å². The Morgan fingerprint density at radius 3 is 2.59 bits per heavy atom. The largest absolute Gasteiger partial charge is 0.368 e. The molecule has 1 saturated carbocycles. The normalized spacial score (nSPS) is 20.3. The van der Waals surface area contributed by atoms with Crippen molar-refractivity contribution in [3.8, 4) is 10.6 Å². The van der Waals surface area contributed by atoms with Gasteiger partial charge in [0.15, 0.2) is 5.82 Å². The lowest BCUT2D eigenvalue weighted by molar-refractivity contribution is -0.125. The molecule has 6 rings (SSSR count). The van der Waals surface area contributed by atoms with E-state index < -0.39 is 17.2 Å². The van der Waals surface area contributed by atoms with Gasteiger partial charge in [-0.1, -0.05) is 6.92 Å². The summed E-state index contributed by atoms with van der Waals surface area (Å²) in [6.07, 6.45) is 2.18. The van der Waals surface area contributed by atoms with Gasteiger partial charge in [0.2, 0.25) is 11.9 Å². The third-order valence-corrected chi connectivity index (χ3v) is 8.78. The molecule has 3 aliphatic rings. The van der Waals surface area contributed by atoms with Gasteiger partial charge in [-0.15, -0.1) is 11.3 Å². The van der Waals surface area contributed by atoms with Crippen molar-refractivity contribution in [3.05, 3.63) is 46.9 Å². The summed E-state index contributed by atoms with van der Waals surface area (Å²) in [4.78, 5) is 30.9. The smallest absolute Gasteiger partial charge is 0.252 e. The highest BCUT2D eigenvalue weighted by Crippen LogP contribution is 2.57. The fourth-order valence-electron chi connectivity index (χ4n) is 5.40. The van der Waals surface area contributed by atoms with Crippen LogP contribution in [-0.4, -0.2) is 71.0 Å². The second-order valence-electron chi connectivity index (χ2n) is 9.86. The molecule has 5 heterocycles. The van der Waals surface area contributed by atoms with Crippen molar-refractivity contribution < 1.29 is 18.0 Å². The van der Waals surface area contributed by atoms with Crippen molar-refractivity contribution in [1.82, 2.24) is 25.2 Å². The second kappa shape index (κ2) is 8.95. The van der Waals surface area contributed by atoms with E-state index in [4.69, 9.17) is 0 Å². The standard InChI is InChI=1S/C25H26F3N7OS/c1-2-34-5-7-35(8-6-34)15-3-4-19(29-10-15)32-23-30-11-17(26)20(33-23)18-9-16-21(37-18)24(14-31-22(16)36)12-25(27,28)13-24/h3-4,9-11H,2,5-8,12-14H2,1H3,(H,31,36)(H,29,30,32,33). The molecular weight excluding hydrogens is 503 g/mol. The minimum atomic E-state index is -2.76. The predicted octanol–water partition coefficient (Wildman–Crippen LogP) is 4.04. The van der Waals surface area contributed by atoms with Gasteiger partial charge in [0, 0.05) is 55.9 Å². The van der Waals surface area contributed by atoms with E-state index in [9.17, 15) is 18.0 Å². The molecule has 2 fully saturated rings. The van der Waals surface area contributed by atoms with Gasteiger partial charge in [-0.25, -0.2) is 28.1 Å². The molecule has 3 aromatic heterocycles. The Bertz CT molecular complexity index is 1330. The molecule has 0 radical (unpaired) electrons. The molecule has 2 N–H and O–H groups in total. The van der Waals surface area contributed by atoms with Crippen molar-refractivity contribution >= 4 is 34.7 Å². The third-order valence-electron chi connectivity index (χ3n) is 7.39. The number of rotatable bonds is 5. The van der Waals surface area contributed by atoms with Crippen LogP contribution in [-0.2, 0) is 5.41 Å². The van der Waals surface area contributed by atoms with Gasteiger partial charge in [0.25, 0.3) is 5.91 Å². The van der Waals surface area contributed by atoms with Crippen LogP contribution < -0.4 is 15.5 Å². The maximum Gasteiger partial charge on any atom is 0.252 e. The summed E-state index contributed by atoms with van der Waals surface area (Å²) in [7, 11) is 0. The predicted molar refractivity (Wildman–Crippen MR) is 135 cm³/mol. The number of hydrogen-bond donors (Lipinski definition) is 2. The van der Waals surface area contributed by atoms with Crippen LogP contribution >= 0.6 is 11.3 Å². The van der Waals surface area contributed by atoms with Crippen molar-refractivity contribution in [2.75, 3.05) is 49.5 Å². The number of nitrogens with one attached hydrogen (secondary N) is 2. The maximum atomic E-state index is 14.8. The molecule has 1 amide bonds. The SMILES string of the molecule is CCN1CCN(c2ccc(Nc3ncc(F)c(-c4cc5c(s4)C4(CNC5=O)CC(F)(F)C4)n3)nc2)CC1. The van der Waals surface area contributed by atoms with Crippen molar-refractivity contribution in [1.29, 1.82) is 0 Å². The van der Waals surface area contributed by atoms with Gasteiger partial charge in [0.05, 0.1) is 28.5 Å². The molecule has 1 spiro atoms. The van der Waals surface area contributed by atoms with Crippen molar-refractivity contribution in [2.45, 2.75) is 31.1 Å². The maximum absolute atomic E-state index is 14.8. The first-order valence-corrected chi connectivity index (χ1v) is 13.1. The summed E-state index contributed by atoms with van der Waals surface area (Å²) < 4.78 is 42.3. The minimum absolute atomic E-state index is 0.0105. The Morgan fingerprint density at radius 2 is 1.92 bits per heavy atom. The topological polar surface area (TPSA) is 86.3 Å². The van der Waals surface area contributed by atoms with Gasteiger partial charge in [-0.3, -0.25) is 4.79 Å². The van der Waals surface area contributed by atoms with Crippen LogP contribution in [0.3, 0.4) is 0 Å². The first-order valence-electron chi connectivity index (χ1n) is 12.3. The lowest BCUT2D eigenvalue weighted by Gasteiger charge is -2.49. The number of aromatic nitrogens is 3. The summed E-state index contributed by atoms with van der Waals surface area (Å²) >= 11 is 1.15. The van der Waals surface area contributed by atoms with Crippen LogP contribution in [0.4, 0.5) is 30.6 Å². The van der Waals surface area contributed by atoms with E-state index in [2.05, 4.69) is 42.3 Å². The van der Waals surface area contributed by atoms with Crippen LogP contribution in [0.15, 0.2) is 30.6 Å². The van der Waals surface area contributed by atoms with E-state index in [-0.39, 0.29) is 36.9 Å². The first kappa shape index (κ1) is 24.1. The number of pyridine rings is 1. The number of carbonyl (C=O) groups excluding carboxylic acids is 1. The zero-order valence-electron chi connectivity index (χ0n) is 20.2. The monoisotopic (exact) mass is 529 g/mol. The van der Waals surface area contributed by atoms with Crippen molar-refractivity contribution in [3.63, 3.8) is 0 Å². The fourth-order valence-corrected chi connectivity index (χ4v) is 6.73. The highest BCUT2D eigenvalue weighted by Gasteiger charge is 2.60. The molecule has 2 aliphatic heterocycles. The Morgan fingerprint density at radius 1 is 1.14 bits per heavy atom. The van der Waals surface area contributed by atoms with Crippen LogP contribution in [0.2, 0.25) is 0 Å². The number of alkyl halides is 2. The minimum Gasteiger partial charge on any atom is -0.368 e. The van der Waals surface area contributed by atoms with Crippen LogP contribution in [0.5, 0.6) is 0 Å². The van der Waals surface area contributed by atoms with E-state index in [1.807, 2.05) is 12.1 Å². The zero-order valence-corrected chi connectivity index (χ0v) is 21.0. The van der Waals surface area contributed by atoms with E-state index in [0.29, 0.717) is 21.1 Å². The lowest BCUT2D eigenvalue weighted by atomic mass is 9.63. The number of nitrogens with zero attached hydrogens (tertiary/aromatic N) is 5. The lowest BCUT2D eigenvalue weighted by Crippen LogP contribution is -2.58. The van der Waals surface area contributed by atoms with Gasteiger partial charge >= 0.3 is 0 Å². The Kier molecular flexibility index (Phi) is 5.83. The third kappa shape index (κ3) is 4.42. The Balaban J connectivity index is 1.22. The number of thiophene rings is 1. The average molecular weight is 530 g/mol. The van der Waals surface area contributed by atoms with Gasteiger partial charge in [0.1, 0.15) is 11.5 Å². The molecule has 8 nitrogen and oxygen atoms in total. The number of piperazine rings is 1. The summed E-state index contributed by atoms with van der Waals surface area (Å²) in [6.45, 7) is 7.27. The molecule has 3 aromatic rings. The highest BCUT2D eigenvalue weighted by atomic mass is 32.1. The molecule has 194 valence electrons. The first-order chi connectivity index (χ1) is 17.7. The number of anilines is 3. The van der Waals surface area contributed by atoms with E-state index in [0.717, 1.165) is 55.9 Å². The second-order valence-corrected chi connectivity index (χ2v) is 10.9. The summed E-state index contributed by atoms with van der Waals surface area (Å²) in [6, 6.07) is 5.33. The summed E-state index contributed by atoms with van der Waals surface area (Å²) in [5, 5.41) is 5.71. The number of carbonyl (C=O) groups is 1. The molecule has 1 saturated heterocycles. The summed E-state index contributed by atoms with van der Waals surface area (Å²) in [5.74, 6) is -3.10. The van der Waals surface area contributed by atoms with E-state index >= 15 is 0 Å². The highest BCUT2D eigenvalue weighted by molar-refractivity contribution is 7.16. The molecule has 0 bridgehead atoms. The summed E-state index contributed by atoms with van der Waals surface area (Å²) in [5.41, 5.74) is 0.539. The molecule has 12 heteroatoms. The van der Waals surface area contributed by atoms with Gasteiger partial charge < -0.3 is 20.4 Å². The number of amides is 1. The number of hydrogen-bond acceptors (Lipinski definition) is 8. The zero-order chi connectivity index (χ0) is 25.8. The number of likely N-dealkylation sites (N-methyl/N-ethyl adjacent to an activating group) is 1. The molecule has 1 aliphatic carbocycles. The van der Waals surface area contributed by atoms with E-state index in [1.165, 1.54) is 6.07 Å². The van der Waals surface area contributed by atoms with E-state index in [1.54, 1.807) is 6.20 Å². The molecular formula is C25H26F3N7OS. The number of fused-ring (bicyclic) bond motifs is 2. The van der Waals surface area contributed by atoms with Crippen LogP contribution in [0, 0.1) is 5.82 Å². The average Bonchev–Trinajstić information content (AvgIpc) is 3.34. The fraction of sp³-hybridized carbons (Fsp3) is 0.440. The number of halogens is 3. The molecule has 37 heavy (non-hydrogen) atoms. The quantitative estimate of drug-likeness (QED) is 0.516. The molecule has 0 unspecified atom stereocenters. The Hall–Kier alpha value is -3.25. The van der Waals surface area contributed by atoms with Gasteiger partial charge in [-0.2, -0.15) is 0 Å². The van der Waals surface area contributed by atoms with Crippen LogP contribution in [0.1, 0.15) is 35.0 Å². The molecule has 0 aromatic carbocycles. The van der Waals surface area contributed by atoms with Crippen molar-refractivity contribution in [2.24, 2.45) is 0 Å². The Labute approximate surface area is 215 Å².